The van der Waals surface area contributed by atoms with Crippen molar-refractivity contribution < 1.29 is 27.7 Å². The summed E-state index contributed by atoms with van der Waals surface area (Å²) >= 11 is 0. The molecule has 0 unspecified atom stereocenters. The third-order valence-electron chi connectivity index (χ3n) is 4.02. The van der Waals surface area contributed by atoms with Crippen molar-refractivity contribution in [3.8, 4) is 0 Å². The molecule has 142 valence electrons. The Bertz CT molecular complexity index is 459. The van der Waals surface area contributed by atoms with Gasteiger partial charge in [-0.2, -0.15) is 0 Å². The molecule has 7 heteroatoms. The largest absolute Gasteiger partial charge is 0.738 e. The van der Waals surface area contributed by atoms with E-state index in [4.69, 9.17) is 13.3 Å². The van der Waals surface area contributed by atoms with Gasteiger partial charge in [-0.15, -0.1) is 0 Å². The predicted octanol–water partition coefficient (Wildman–Crippen LogP) is 3.99. The maximum atomic E-state index is 11.6. The van der Waals surface area contributed by atoms with Gasteiger partial charge in [-0.05, 0) is 25.7 Å². The van der Waals surface area contributed by atoms with Crippen LogP contribution in [-0.4, -0.2) is 26.7 Å². The summed E-state index contributed by atoms with van der Waals surface area (Å²) in [7, 11) is -3.89. The first-order valence-electron chi connectivity index (χ1n) is 9.14. The summed E-state index contributed by atoms with van der Waals surface area (Å²) in [5.41, 5.74) is 0. The average molecular weight is 371 g/mol. The van der Waals surface area contributed by atoms with Gasteiger partial charge in [0.05, 0.1) is 0 Å². The molecular formula is C18H30O6Si. The summed E-state index contributed by atoms with van der Waals surface area (Å²) in [6.07, 6.45) is 12.2. The molecule has 1 aliphatic carbocycles. The first kappa shape index (κ1) is 21.4. The van der Waals surface area contributed by atoms with Crippen LogP contribution in [0.15, 0.2) is 11.3 Å². The summed E-state index contributed by atoms with van der Waals surface area (Å²) in [5, 5.41) is 0.661. The van der Waals surface area contributed by atoms with Gasteiger partial charge in [0.1, 0.15) is 0 Å². The Morgan fingerprint density at radius 2 is 1.12 bits per heavy atom. The lowest BCUT2D eigenvalue weighted by atomic mass is 10.0. The van der Waals surface area contributed by atoms with E-state index in [9.17, 15) is 14.4 Å². The third kappa shape index (κ3) is 8.33. The van der Waals surface area contributed by atoms with E-state index in [2.05, 4.69) is 0 Å². The molecule has 0 saturated carbocycles. The minimum Gasteiger partial charge on any atom is -0.452 e. The molecule has 0 aromatic rings. The Morgan fingerprint density at radius 1 is 0.720 bits per heavy atom. The molecule has 0 aromatic carbocycles. The van der Waals surface area contributed by atoms with Gasteiger partial charge in [-0.25, -0.2) is 0 Å². The summed E-state index contributed by atoms with van der Waals surface area (Å²) in [4.78, 5) is 34.9. The zero-order valence-corrected chi connectivity index (χ0v) is 16.6. The molecule has 0 radical (unpaired) electrons. The SMILES string of the molecule is CC(=O)O[Si](OC(C)=O)(OC(C)=O)C1=CCCCCCCCCCC1. The van der Waals surface area contributed by atoms with Gasteiger partial charge in [0.25, 0.3) is 17.9 Å². The Morgan fingerprint density at radius 3 is 1.56 bits per heavy atom. The molecule has 0 saturated heterocycles. The fraction of sp³-hybridized carbons (Fsp3) is 0.722. The van der Waals surface area contributed by atoms with E-state index in [0.29, 0.717) is 11.6 Å². The first-order valence-corrected chi connectivity index (χ1v) is 10.9. The molecule has 0 aromatic heterocycles. The number of allylic oxidation sites excluding steroid dienone is 2. The number of carbonyl (C=O) groups is 3. The van der Waals surface area contributed by atoms with E-state index in [1.165, 1.54) is 40.0 Å². The second-order valence-electron chi connectivity index (χ2n) is 6.43. The number of hydrogen-bond donors (Lipinski definition) is 0. The van der Waals surface area contributed by atoms with E-state index >= 15 is 0 Å². The van der Waals surface area contributed by atoms with Gasteiger partial charge in [-0.3, -0.25) is 14.4 Å². The highest BCUT2D eigenvalue weighted by Crippen LogP contribution is 2.28. The van der Waals surface area contributed by atoms with E-state index in [-0.39, 0.29) is 0 Å². The molecule has 0 amide bonds. The molecule has 0 bridgehead atoms. The standard InChI is InChI=1S/C18H30O6Si/c1-15(19)22-25(23-16(2)20,24-17(3)21)18-13-11-9-7-5-4-6-8-10-12-14-18/h13H,4-12,14H2,1-3H3. The van der Waals surface area contributed by atoms with Crippen molar-refractivity contribution in [2.24, 2.45) is 0 Å². The quantitative estimate of drug-likeness (QED) is 0.696. The lowest BCUT2D eigenvalue weighted by Crippen LogP contribution is -2.51. The summed E-state index contributed by atoms with van der Waals surface area (Å²) < 4.78 is 16.1. The van der Waals surface area contributed by atoms with Gasteiger partial charge in [-0.1, -0.05) is 44.6 Å². The van der Waals surface area contributed by atoms with Crippen LogP contribution in [0.5, 0.6) is 0 Å². The van der Waals surface area contributed by atoms with Crippen molar-refractivity contribution in [3.05, 3.63) is 11.3 Å². The fourth-order valence-electron chi connectivity index (χ4n) is 3.00. The molecule has 0 fully saturated rings. The molecule has 1 aliphatic rings. The molecule has 1 rings (SSSR count). The highest BCUT2D eigenvalue weighted by molar-refractivity contribution is 6.73. The predicted molar refractivity (Wildman–Crippen MR) is 95.3 cm³/mol. The van der Waals surface area contributed by atoms with Crippen molar-refractivity contribution in [2.75, 3.05) is 0 Å². The molecule has 0 aliphatic heterocycles. The highest BCUT2D eigenvalue weighted by Gasteiger charge is 2.55. The van der Waals surface area contributed by atoms with Crippen LogP contribution in [0, 0.1) is 0 Å². The minimum absolute atomic E-state index is 0.597. The van der Waals surface area contributed by atoms with Crippen molar-refractivity contribution in [1.82, 2.24) is 0 Å². The number of carbonyl (C=O) groups excluding carboxylic acids is 3. The molecule has 0 spiro atoms. The maximum absolute atomic E-state index is 11.6. The number of rotatable bonds is 4. The Labute approximate surface area is 151 Å². The van der Waals surface area contributed by atoms with Crippen LogP contribution in [0.3, 0.4) is 0 Å². The topological polar surface area (TPSA) is 78.9 Å². The van der Waals surface area contributed by atoms with Crippen LogP contribution in [0.2, 0.25) is 0 Å². The monoisotopic (exact) mass is 370 g/mol. The summed E-state index contributed by atoms with van der Waals surface area (Å²) in [6.45, 7) is 3.68. The second-order valence-corrected chi connectivity index (χ2v) is 8.80. The van der Waals surface area contributed by atoms with Crippen LogP contribution >= 0.6 is 0 Å². The highest BCUT2D eigenvalue weighted by atomic mass is 28.4. The van der Waals surface area contributed by atoms with Crippen molar-refractivity contribution in [1.29, 1.82) is 0 Å². The average Bonchev–Trinajstić information content (AvgIpc) is 2.45. The van der Waals surface area contributed by atoms with Crippen LogP contribution in [-0.2, 0) is 27.7 Å². The minimum atomic E-state index is -3.89. The van der Waals surface area contributed by atoms with Crippen LogP contribution in [0.25, 0.3) is 0 Å². The van der Waals surface area contributed by atoms with Crippen LogP contribution in [0.4, 0.5) is 0 Å². The third-order valence-corrected chi connectivity index (χ3v) is 6.93. The lowest BCUT2D eigenvalue weighted by Gasteiger charge is -2.28. The van der Waals surface area contributed by atoms with Gasteiger partial charge >= 0.3 is 8.80 Å². The van der Waals surface area contributed by atoms with Crippen molar-refractivity contribution in [2.45, 2.75) is 85.0 Å². The van der Waals surface area contributed by atoms with Crippen LogP contribution in [0.1, 0.15) is 85.0 Å². The molecular weight excluding hydrogens is 340 g/mol. The van der Waals surface area contributed by atoms with Gasteiger partial charge in [0.2, 0.25) is 0 Å². The normalized spacial score (nSPS) is 17.3. The Balaban J connectivity index is 3.14. The van der Waals surface area contributed by atoms with E-state index in [1.54, 1.807) is 0 Å². The maximum Gasteiger partial charge on any atom is 0.738 e. The molecule has 0 N–H and O–H groups in total. The zero-order valence-electron chi connectivity index (χ0n) is 15.6. The summed E-state index contributed by atoms with van der Waals surface area (Å²) in [6, 6.07) is 0. The summed E-state index contributed by atoms with van der Waals surface area (Å²) in [5.74, 6) is -1.87. The van der Waals surface area contributed by atoms with Crippen molar-refractivity contribution >= 4 is 26.7 Å². The first-order chi connectivity index (χ1) is 11.9. The molecule has 6 nitrogen and oxygen atoms in total. The molecule has 0 heterocycles. The van der Waals surface area contributed by atoms with E-state index in [0.717, 1.165) is 38.5 Å². The second kappa shape index (κ2) is 11.1. The lowest BCUT2D eigenvalue weighted by molar-refractivity contribution is -0.147. The zero-order chi connectivity index (χ0) is 18.7. The molecule has 0 atom stereocenters. The van der Waals surface area contributed by atoms with Crippen LogP contribution < -0.4 is 0 Å². The Hall–Kier alpha value is -1.63. The smallest absolute Gasteiger partial charge is 0.452 e. The van der Waals surface area contributed by atoms with E-state index < -0.39 is 26.7 Å². The molecule has 25 heavy (non-hydrogen) atoms. The van der Waals surface area contributed by atoms with E-state index in [1.807, 2.05) is 6.08 Å². The van der Waals surface area contributed by atoms with Gasteiger partial charge in [0, 0.05) is 26.0 Å². The number of hydrogen-bond acceptors (Lipinski definition) is 6. The van der Waals surface area contributed by atoms with Gasteiger partial charge in [0.15, 0.2) is 0 Å². The Kier molecular flexibility index (Phi) is 9.48. The van der Waals surface area contributed by atoms with Gasteiger partial charge < -0.3 is 13.3 Å². The van der Waals surface area contributed by atoms with Crippen molar-refractivity contribution in [3.63, 3.8) is 0 Å². The fourth-order valence-corrected chi connectivity index (χ4v) is 5.53.